The van der Waals surface area contributed by atoms with Gasteiger partial charge in [0.1, 0.15) is 10.0 Å². The Morgan fingerprint density at radius 3 is 2.62 bits per heavy atom. The first-order valence-electron chi connectivity index (χ1n) is 6.85. The average molecular weight is 386 g/mol. The minimum atomic E-state index is -3.81. The lowest BCUT2D eigenvalue weighted by atomic mass is 10.3. The number of aromatic nitrogens is 1. The zero-order valence-electron chi connectivity index (χ0n) is 13.1. The third-order valence-electron chi connectivity index (χ3n) is 3.16. The highest BCUT2D eigenvalue weighted by Gasteiger charge is 2.23. The van der Waals surface area contributed by atoms with Gasteiger partial charge in [0.15, 0.2) is 0 Å². The van der Waals surface area contributed by atoms with Crippen molar-refractivity contribution in [1.82, 2.24) is 9.29 Å². The summed E-state index contributed by atoms with van der Waals surface area (Å²) >= 11 is 7.15. The Hall–Kier alpha value is -1.61. The Morgan fingerprint density at radius 2 is 2.00 bits per heavy atom. The minimum absolute atomic E-state index is 0.0216. The fourth-order valence-electron chi connectivity index (χ4n) is 1.92. The minimum Gasteiger partial charge on any atom is -0.324 e. The summed E-state index contributed by atoms with van der Waals surface area (Å²) in [5.41, 5.74) is 0.647. The van der Waals surface area contributed by atoms with Gasteiger partial charge in [0.05, 0.1) is 12.2 Å². The Morgan fingerprint density at radius 1 is 1.29 bits per heavy atom. The summed E-state index contributed by atoms with van der Waals surface area (Å²) in [5, 5.41) is 2.92. The van der Waals surface area contributed by atoms with E-state index in [4.69, 9.17) is 11.6 Å². The molecule has 0 fully saturated rings. The largest absolute Gasteiger partial charge is 0.324 e. The van der Waals surface area contributed by atoms with Gasteiger partial charge in [0.2, 0.25) is 15.9 Å². The number of thioether (sulfide) groups is 1. The molecule has 0 aliphatic carbocycles. The second-order valence-corrected chi connectivity index (χ2v) is 8.11. The molecule has 1 amide bonds. The maximum Gasteiger partial charge on any atom is 0.244 e. The summed E-state index contributed by atoms with van der Waals surface area (Å²) in [7, 11) is -2.48. The van der Waals surface area contributed by atoms with Crippen LogP contribution in [-0.4, -0.2) is 43.5 Å². The number of hydrogen-bond acceptors (Lipinski definition) is 5. The summed E-state index contributed by atoms with van der Waals surface area (Å²) in [6, 6.07) is 10.0. The van der Waals surface area contributed by atoms with Gasteiger partial charge < -0.3 is 5.32 Å². The number of likely N-dealkylation sites (N-methyl/N-ethyl adjacent to an activating group) is 1. The highest BCUT2D eigenvalue weighted by Crippen LogP contribution is 2.24. The molecule has 0 saturated heterocycles. The summed E-state index contributed by atoms with van der Waals surface area (Å²) < 4.78 is 25.8. The lowest BCUT2D eigenvalue weighted by Gasteiger charge is -2.17. The van der Waals surface area contributed by atoms with Gasteiger partial charge in [0.25, 0.3) is 0 Å². The van der Waals surface area contributed by atoms with Crippen LogP contribution in [0.15, 0.2) is 52.4 Å². The molecule has 0 aliphatic rings. The van der Waals surface area contributed by atoms with E-state index < -0.39 is 15.9 Å². The summed E-state index contributed by atoms with van der Waals surface area (Å²) in [5.74, 6) is -0.426. The molecule has 2 rings (SSSR count). The number of rotatable bonds is 6. The number of nitrogens with zero attached hydrogens (tertiary/aromatic N) is 2. The molecule has 0 unspecified atom stereocenters. The van der Waals surface area contributed by atoms with E-state index in [0.717, 1.165) is 15.4 Å². The molecule has 1 N–H and O–H groups in total. The van der Waals surface area contributed by atoms with Crippen molar-refractivity contribution in [2.75, 3.05) is 25.2 Å². The number of amides is 1. The molecule has 1 aromatic heterocycles. The van der Waals surface area contributed by atoms with E-state index in [1.54, 1.807) is 12.1 Å². The van der Waals surface area contributed by atoms with Gasteiger partial charge in [-0.05, 0) is 30.5 Å². The van der Waals surface area contributed by atoms with Crippen LogP contribution in [0.1, 0.15) is 0 Å². The van der Waals surface area contributed by atoms with E-state index in [0.29, 0.717) is 5.69 Å². The lowest BCUT2D eigenvalue weighted by molar-refractivity contribution is -0.116. The number of para-hydroxylation sites is 1. The lowest BCUT2D eigenvalue weighted by Crippen LogP contribution is -2.35. The number of benzene rings is 1. The number of pyridine rings is 1. The smallest absolute Gasteiger partial charge is 0.244 e. The molecule has 0 atom stereocenters. The predicted molar refractivity (Wildman–Crippen MR) is 95.9 cm³/mol. The normalized spacial score (nSPS) is 11.5. The Balaban J connectivity index is 2.09. The van der Waals surface area contributed by atoms with Crippen LogP contribution in [0.25, 0.3) is 0 Å². The molecule has 0 saturated carbocycles. The zero-order valence-corrected chi connectivity index (χ0v) is 15.5. The van der Waals surface area contributed by atoms with Crippen LogP contribution in [0.2, 0.25) is 5.15 Å². The van der Waals surface area contributed by atoms with Crippen molar-refractivity contribution in [3.05, 3.63) is 47.7 Å². The second kappa shape index (κ2) is 7.98. The number of anilines is 1. The molecule has 0 aliphatic heterocycles. The van der Waals surface area contributed by atoms with E-state index in [9.17, 15) is 13.2 Å². The summed E-state index contributed by atoms with van der Waals surface area (Å²) in [6.45, 7) is -0.312. The Kier molecular flexibility index (Phi) is 6.22. The molecular formula is C15H16ClN3O3S2. The van der Waals surface area contributed by atoms with E-state index in [-0.39, 0.29) is 16.6 Å². The van der Waals surface area contributed by atoms with E-state index in [2.05, 4.69) is 10.3 Å². The SMILES string of the molecule is CSc1ccccc1NC(=O)CN(C)S(=O)(=O)c1ccc(Cl)nc1. The molecule has 0 bridgehead atoms. The number of hydrogen-bond donors (Lipinski definition) is 1. The van der Waals surface area contributed by atoms with Gasteiger partial charge >= 0.3 is 0 Å². The van der Waals surface area contributed by atoms with Crippen molar-refractivity contribution in [3.63, 3.8) is 0 Å². The number of sulfonamides is 1. The van der Waals surface area contributed by atoms with Crippen molar-refractivity contribution in [3.8, 4) is 0 Å². The Bertz CT molecular complexity index is 826. The summed E-state index contributed by atoms with van der Waals surface area (Å²) in [4.78, 5) is 16.8. The second-order valence-electron chi connectivity index (χ2n) is 4.83. The number of carbonyl (C=O) groups is 1. The van der Waals surface area contributed by atoms with Gasteiger partial charge in [0, 0.05) is 18.1 Å². The van der Waals surface area contributed by atoms with Gasteiger partial charge in [-0.25, -0.2) is 13.4 Å². The van der Waals surface area contributed by atoms with Gasteiger partial charge in [-0.3, -0.25) is 4.79 Å². The van der Waals surface area contributed by atoms with Crippen LogP contribution >= 0.6 is 23.4 Å². The molecule has 9 heteroatoms. The van der Waals surface area contributed by atoms with E-state index in [1.165, 1.54) is 30.9 Å². The third-order valence-corrected chi connectivity index (χ3v) is 5.96. The van der Waals surface area contributed by atoms with E-state index >= 15 is 0 Å². The zero-order chi connectivity index (χ0) is 17.7. The number of nitrogens with one attached hydrogen (secondary N) is 1. The first-order chi connectivity index (χ1) is 11.3. The van der Waals surface area contributed by atoms with Crippen LogP contribution in [0.4, 0.5) is 5.69 Å². The maximum atomic E-state index is 12.4. The van der Waals surface area contributed by atoms with Crippen molar-refractivity contribution in [2.24, 2.45) is 0 Å². The predicted octanol–water partition coefficient (Wildman–Crippen LogP) is 2.72. The Labute approximate surface area is 150 Å². The molecule has 1 aromatic carbocycles. The van der Waals surface area contributed by atoms with Crippen molar-refractivity contribution in [1.29, 1.82) is 0 Å². The van der Waals surface area contributed by atoms with Crippen LogP contribution < -0.4 is 5.32 Å². The maximum absolute atomic E-state index is 12.4. The van der Waals surface area contributed by atoms with Crippen LogP contribution in [0.5, 0.6) is 0 Å². The molecule has 1 heterocycles. The molecule has 6 nitrogen and oxygen atoms in total. The van der Waals surface area contributed by atoms with E-state index in [1.807, 2.05) is 18.4 Å². The van der Waals surface area contributed by atoms with Gasteiger partial charge in [-0.2, -0.15) is 4.31 Å². The fraction of sp³-hybridized carbons (Fsp3) is 0.200. The van der Waals surface area contributed by atoms with Gasteiger partial charge in [-0.1, -0.05) is 23.7 Å². The molecular weight excluding hydrogens is 370 g/mol. The fourth-order valence-corrected chi connectivity index (χ4v) is 3.66. The van der Waals surface area contributed by atoms with Crippen molar-refractivity contribution < 1.29 is 13.2 Å². The van der Waals surface area contributed by atoms with Gasteiger partial charge in [-0.15, -0.1) is 11.8 Å². The molecule has 24 heavy (non-hydrogen) atoms. The molecule has 0 radical (unpaired) electrons. The monoisotopic (exact) mass is 385 g/mol. The first kappa shape index (κ1) is 18.7. The van der Waals surface area contributed by atoms with Crippen molar-refractivity contribution in [2.45, 2.75) is 9.79 Å². The topological polar surface area (TPSA) is 79.4 Å². The van der Waals surface area contributed by atoms with Crippen LogP contribution in [0.3, 0.4) is 0 Å². The highest BCUT2D eigenvalue weighted by molar-refractivity contribution is 7.98. The van der Waals surface area contributed by atoms with Crippen molar-refractivity contribution >= 4 is 45.0 Å². The van der Waals surface area contributed by atoms with Crippen LogP contribution in [0, 0.1) is 0 Å². The standard InChI is InChI=1S/C15H16ClN3O3S2/c1-19(24(21,22)11-7-8-14(16)17-9-11)10-15(20)18-12-5-3-4-6-13(12)23-2/h3-9H,10H2,1-2H3,(H,18,20). The molecule has 128 valence electrons. The third kappa shape index (κ3) is 4.47. The number of carbonyl (C=O) groups excluding carboxylic acids is 1. The summed E-state index contributed by atoms with van der Waals surface area (Å²) in [6.07, 6.45) is 3.06. The van der Waals surface area contributed by atoms with Crippen LogP contribution in [-0.2, 0) is 14.8 Å². The first-order valence-corrected chi connectivity index (χ1v) is 9.89. The molecule has 2 aromatic rings. The highest BCUT2D eigenvalue weighted by atomic mass is 35.5. The quantitative estimate of drug-likeness (QED) is 0.611. The number of halogens is 1. The molecule has 0 spiro atoms. The average Bonchev–Trinajstić information content (AvgIpc) is 2.55.